The van der Waals surface area contributed by atoms with Gasteiger partial charge in [0.25, 0.3) is 0 Å². The number of rotatable bonds is 10. The molecule has 0 bridgehead atoms. The Hall–Kier alpha value is -2.70. The molecule has 0 aliphatic carbocycles. The van der Waals surface area contributed by atoms with Gasteiger partial charge in [0, 0.05) is 24.7 Å². The summed E-state index contributed by atoms with van der Waals surface area (Å²) in [7, 11) is 8.27. The molecule has 25 heavy (non-hydrogen) atoms. The molecular weight excluding hydrogens is 319 g/mol. The number of amides is 2. The predicted octanol–water partition coefficient (Wildman–Crippen LogP) is 2.04. The van der Waals surface area contributed by atoms with Crippen LogP contribution >= 0.6 is 0 Å². The Kier molecular flexibility index (Phi) is 8.33. The molecule has 0 heterocycles. The SMILES string of the molecule is [B]C(=O)NC(CC=C)C(=O)N(CC=C)Cc1ccc(OC)cc1OC. The van der Waals surface area contributed by atoms with Gasteiger partial charge in [0.1, 0.15) is 17.5 Å². The molecule has 7 heteroatoms. The minimum Gasteiger partial charge on any atom is -0.497 e. The zero-order valence-electron chi connectivity index (χ0n) is 14.7. The highest BCUT2D eigenvalue weighted by Crippen LogP contribution is 2.26. The van der Waals surface area contributed by atoms with Crippen LogP contribution < -0.4 is 14.8 Å². The summed E-state index contributed by atoms with van der Waals surface area (Å²) in [5, 5.41) is 2.44. The molecule has 0 spiro atoms. The Balaban J connectivity index is 3.06. The summed E-state index contributed by atoms with van der Waals surface area (Å²) < 4.78 is 10.5. The fourth-order valence-corrected chi connectivity index (χ4v) is 2.36. The molecule has 0 saturated carbocycles. The molecule has 2 radical (unpaired) electrons. The molecule has 6 nitrogen and oxygen atoms in total. The second-order valence-corrected chi connectivity index (χ2v) is 5.27. The molecule has 0 aliphatic rings. The van der Waals surface area contributed by atoms with E-state index >= 15 is 0 Å². The number of hydrogen-bond acceptors (Lipinski definition) is 4. The van der Waals surface area contributed by atoms with Crippen molar-refractivity contribution in [3.8, 4) is 11.5 Å². The smallest absolute Gasteiger partial charge is 0.246 e. The van der Waals surface area contributed by atoms with Gasteiger partial charge < -0.3 is 19.7 Å². The van der Waals surface area contributed by atoms with Crippen LogP contribution in [0.25, 0.3) is 0 Å². The summed E-state index contributed by atoms with van der Waals surface area (Å²) in [6, 6.07) is 4.58. The fourth-order valence-electron chi connectivity index (χ4n) is 2.36. The van der Waals surface area contributed by atoms with Crippen molar-refractivity contribution in [1.29, 1.82) is 0 Å². The summed E-state index contributed by atoms with van der Waals surface area (Å²) in [5.41, 5.74) is 0.801. The van der Waals surface area contributed by atoms with E-state index < -0.39 is 11.8 Å². The molecule has 0 fully saturated rings. The quantitative estimate of drug-likeness (QED) is 0.522. The first-order valence-electron chi connectivity index (χ1n) is 7.74. The average molecular weight is 342 g/mol. The Morgan fingerprint density at radius 3 is 2.52 bits per heavy atom. The maximum absolute atomic E-state index is 12.8. The van der Waals surface area contributed by atoms with Crippen LogP contribution in [0.1, 0.15) is 12.0 Å². The van der Waals surface area contributed by atoms with Crippen molar-refractivity contribution in [2.75, 3.05) is 20.8 Å². The molecule has 0 aliphatic heterocycles. The number of ether oxygens (including phenoxy) is 2. The second-order valence-electron chi connectivity index (χ2n) is 5.27. The molecule has 0 aromatic heterocycles. The molecule has 1 unspecified atom stereocenters. The average Bonchev–Trinajstić information content (AvgIpc) is 2.60. The molecule has 1 aromatic rings. The minimum absolute atomic E-state index is 0.273. The number of nitrogens with one attached hydrogen (secondary N) is 1. The minimum atomic E-state index is -0.779. The number of methoxy groups -OCH3 is 2. The van der Waals surface area contributed by atoms with Crippen LogP contribution in [0.3, 0.4) is 0 Å². The lowest BCUT2D eigenvalue weighted by Crippen LogP contribution is -2.48. The van der Waals surface area contributed by atoms with Crippen LogP contribution in [0.15, 0.2) is 43.5 Å². The topological polar surface area (TPSA) is 67.9 Å². The van der Waals surface area contributed by atoms with Crippen molar-refractivity contribution in [1.82, 2.24) is 10.2 Å². The first-order valence-corrected chi connectivity index (χ1v) is 7.74. The summed E-state index contributed by atoms with van der Waals surface area (Å²) >= 11 is 0. The van der Waals surface area contributed by atoms with E-state index in [4.69, 9.17) is 17.3 Å². The van der Waals surface area contributed by atoms with Gasteiger partial charge in [-0.25, -0.2) is 0 Å². The van der Waals surface area contributed by atoms with Crippen LogP contribution in [0.2, 0.25) is 0 Å². The largest absolute Gasteiger partial charge is 0.497 e. The maximum atomic E-state index is 12.8. The molecule has 0 saturated heterocycles. The summed E-state index contributed by atoms with van der Waals surface area (Å²) in [6.07, 6.45) is 3.44. The number of hydrogen-bond donors (Lipinski definition) is 1. The molecule has 1 N–H and O–H groups in total. The third kappa shape index (κ3) is 6.02. The van der Waals surface area contributed by atoms with Crippen molar-refractivity contribution in [2.24, 2.45) is 0 Å². The number of nitrogens with zero attached hydrogens (tertiary/aromatic N) is 1. The van der Waals surface area contributed by atoms with Crippen molar-refractivity contribution < 1.29 is 19.1 Å². The Bertz CT molecular complexity index is 634. The van der Waals surface area contributed by atoms with Crippen molar-refractivity contribution in [3.63, 3.8) is 0 Å². The third-order valence-corrected chi connectivity index (χ3v) is 3.53. The van der Waals surface area contributed by atoms with Crippen LogP contribution in [0, 0.1) is 0 Å². The summed E-state index contributed by atoms with van der Waals surface area (Å²) in [5.74, 6) is 0.212. The molecule has 1 rings (SSSR count). The van der Waals surface area contributed by atoms with Crippen LogP contribution in [0.4, 0.5) is 4.79 Å². The predicted molar refractivity (Wildman–Crippen MR) is 98.0 cm³/mol. The van der Waals surface area contributed by atoms with Gasteiger partial charge in [0.05, 0.1) is 14.2 Å². The zero-order chi connectivity index (χ0) is 18.8. The van der Waals surface area contributed by atoms with Gasteiger partial charge >= 0.3 is 0 Å². The van der Waals surface area contributed by atoms with Crippen LogP contribution in [0.5, 0.6) is 11.5 Å². The highest BCUT2D eigenvalue weighted by Gasteiger charge is 2.24. The van der Waals surface area contributed by atoms with Gasteiger partial charge in [-0.15, -0.1) is 13.2 Å². The first kappa shape index (κ1) is 20.3. The van der Waals surface area contributed by atoms with Gasteiger partial charge in [0.15, 0.2) is 5.81 Å². The highest BCUT2D eigenvalue weighted by molar-refractivity contribution is 6.57. The standard InChI is InChI=1S/C18H23BN2O4/c1-5-7-15(20-18(19)23)17(22)21(10-6-2)12-13-8-9-14(24-3)11-16(13)25-4/h5-6,8-9,11,15H,1-2,7,10,12H2,3-4H3,(H,20,23). The fraction of sp³-hybridized carbons (Fsp3) is 0.333. The third-order valence-electron chi connectivity index (χ3n) is 3.53. The Morgan fingerprint density at radius 2 is 2.00 bits per heavy atom. The lowest BCUT2D eigenvalue weighted by atomic mass is 10.1. The number of carbonyl (C=O) groups excluding carboxylic acids is 2. The van der Waals surface area contributed by atoms with Crippen LogP contribution in [-0.2, 0) is 11.3 Å². The maximum Gasteiger partial charge on any atom is 0.246 e. The molecule has 1 atom stereocenters. The van der Waals surface area contributed by atoms with Gasteiger partial charge in [-0.3, -0.25) is 9.59 Å². The van der Waals surface area contributed by atoms with E-state index in [1.807, 2.05) is 6.07 Å². The van der Waals surface area contributed by atoms with E-state index in [0.717, 1.165) is 5.56 Å². The second kappa shape index (κ2) is 10.2. The van der Waals surface area contributed by atoms with E-state index in [-0.39, 0.29) is 18.9 Å². The lowest BCUT2D eigenvalue weighted by molar-refractivity contribution is -0.133. The van der Waals surface area contributed by atoms with Crippen molar-refractivity contribution in [2.45, 2.75) is 19.0 Å². The van der Waals surface area contributed by atoms with E-state index in [2.05, 4.69) is 18.5 Å². The lowest BCUT2D eigenvalue weighted by Gasteiger charge is -2.27. The zero-order valence-corrected chi connectivity index (χ0v) is 14.7. The van der Waals surface area contributed by atoms with E-state index in [0.29, 0.717) is 18.0 Å². The highest BCUT2D eigenvalue weighted by atomic mass is 16.5. The number of carbonyl (C=O) groups is 2. The molecule has 132 valence electrons. The van der Waals surface area contributed by atoms with Gasteiger partial charge in [-0.05, 0) is 18.6 Å². The first-order chi connectivity index (χ1) is 12.0. The number of benzene rings is 1. The monoisotopic (exact) mass is 342 g/mol. The molecule has 1 aromatic carbocycles. The van der Waals surface area contributed by atoms with Crippen LogP contribution in [-0.4, -0.2) is 51.3 Å². The summed E-state index contributed by atoms with van der Waals surface area (Å²) in [4.78, 5) is 25.5. The normalized spacial score (nSPS) is 11.1. The Morgan fingerprint density at radius 1 is 1.28 bits per heavy atom. The van der Waals surface area contributed by atoms with Crippen molar-refractivity contribution >= 4 is 19.6 Å². The van der Waals surface area contributed by atoms with Gasteiger partial charge in [-0.2, -0.15) is 0 Å². The van der Waals surface area contributed by atoms with E-state index in [1.165, 1.54) is 0 Å². The molecule has 2 amide bonds. The van der Waals surface area contributed by atoms with E-state index in [1.54, 1.807) is 43.4 Å². The van der Waals surface area contributed by atoms with Crippen molar-refractivity contribution in [3.05, 3.63) is 49.1 Å². The molecular formula is C18H23BN2O4. The Labute approximate surface area is 149 Å². The van der Waals surface area contributed by atoms with E-state index in [9.17, 15) is 9.59 Å². The summed E-state index contributed by atoms with van der Waals surface area (Å²) in [6.45, 7) is 7.88. The van der Waals surface area contributed by atoms with Gasteiger partial charge in [0.2, 0.25) is 13.8 Å². The van der Waals surface area contributed by atoms with Gasteiger partial charge in [-0.1, -0.05) is 12.2 Å².